The van der Waals surface area contributed by atoms with Crippen molar-refractivity contribution < 1.29 is 28.1 Å². The van der Waals surface area contributed by atoms with E-state index in [0.717, 1.165) is 16.6 Å². The topological polar surface area (TPSA) is 83.8 Å². The lowest BCUT2D eigenvalue weighted by Gasteiger charge is -2.40. The van der Waals surface area contributed by atoms with E-state index in [1.807, 2.05) is 84.3 Å². The number of rotatable bonds is 10. The van der Waals surface area contributed by atoms with Gasteiger partial charge in [-0.05, 0) is 36.2 Å². The molecule has 2 heterocycles. The fourth-order valence-corrected chi connectivity index (χ4v) is 5.28. The van der Waals surface area contributed by atoms with Gasteiger partial charge in [-0.15, -0.1) is 0 Å². The van der Waals surface area contributed by atoms with Crippen molar-refractivity contribution in [2.75, 3.05) is 25.6 Å². The smallest absolute Gasteiger partial charge is 0.221 e. The number of nitrogens with zero attached hydrogens (tertiary/aromatic N) is 2. The molecule has 0 radical (unpaired) electrons. The highest BCUT2D eigenvalue weighted by molar-refractivity contribution is 6.00. The van der Waals surface area contributed by atoms with E-state index < -0.39 is 11.4 Å². The number of methoxy groups -OCH3 is 1. The first-order chi connectivity index (χ1) is 20.9. The Kier molecular flexibility index (Phi) is 7.73. The number of carbonyl (C=O) groups excluding carboxylic acids is 1. The summed E-state index contributed by atoms with van der Waals surface area (Å²) in [5, 5.41) is 2.85. The third-order valence-corrected chi connectivity index (χ3v) is 7.42. The van der Waals surface area contributed by atoms with Gasteiger partial charge >= 0.3 is 0 Å². The SMILES string of the molecule is COc1cc(-c2nc3c(NC(C)=O)cccc3n2C2(C)COC2)c(F)c(OCc2ccccc2)c1OCc1ccccc1. The fourth-order valence-electron chi connectivity index (χ4n) is 5.28. The minimum absolute atomic E-state index is 0.0789. The highest BCUT2D eigenvalue weighted by atomic mass is 19.1. The van der Waals surface area contributed by atoms with E-state index in [2.05, 4.69) is 5.32 Å². The molecule has 8 nitrogen and oxygen atoms in total. The first-order valence-electron chi connectivity index (χ1n) is 14.0. The summed E-state index contributed by atoms with van der Waals surface area (Å²) in [7, 11) is 1.51. The van der Waals surface area contributed by atoms with Gasteiger partial charge in [-0.2, -0.15) is 0 Å². The zero-order chi connectivity index (χ0) is 30.0. The number of hydrogen-bond donors (Lipinski definition) is 1. The first-order valence-corrected chi connectivity index (χ1v) is 14.0. The van der Waals surface area contributed by atoms with Gasteiger partial charge in [0.2, 0.25) is 17.4 Å². The molecule has 1 amide bonds. The zero-order valence-corrected chi connectivity index (χ0v) is 24.2. The molecule has 1 aromatic heterocycles. The first kappa shape index (κ1) is 28.2. The van der Waals surface area contributed by atoms with Crippen LogP contribution in [0.3, 0.4) is 0 Å². The maximum Gasteiger partial charge on any atom is 0.221 e. The Bertz CT molecular complexity index is 1770. The molecule has 0 bridgehead atoms. The lowest BCUT2D eigenvalue weighted by molar-refractivity contribution is -0.114. The number of para-hydroxylation sites is 1. The van der Waals surface area contributed by atoms with Gasteiger partial charge in [0.25, 0.3) is 0 Å². The van der Waals surface area contributed by atoms with Gasteiger partial charge in [-0.3, -0.25) is 4.79 Å². The number of hydrogen-bond acceptors (Lipinski definition) is 6. The highest BCUT2D eigenvalue weighted by Gasteiger charge is 2.40. The van der Waals surface area contributed by atoms with Crippen LogP contribution in [0.1, 0.15) is 25.0 Å². The molecule has 1 aliphatic heterocycles. The van der Waals surface area contributed by atoms with Crippen LogP contribution in [0.2, 0.25) is 0 Å². The third kappa shape index (κ3) is 5.51. The van der Waals surface area contributed by atoms with Gasteiger partial charge in [-0.25, -0.2) is 9.37 Å². The van der Waals surface area contributed by atoms with Crippen LogP contribution < -0.4 is 19.5 Å². The number of aromatic nitrogens is 2. The van der Waals surface area contributed by atoms with Crippen LogP contribution in [0.25, 0.3) is 22.4 Å². The number of benzene rings is 4. The Labute approximate surface area is 249 Å². The summed E-state index contributed by atoms with van der Waals surface area (Å²) in [5.41, 5.74) is 3.26. The number of ether oxygens (including phenoxy) is 4. The summed E-state index contributed by atoms with van der Waals surface area (Å²) in [6.07, 6.45) is 0. The number of anilines is 1. The number of halogens is 1. The van der Waals surface area contributed by atoms with Crippen molar-refractivity contribution >= 4 is 22.6 Å². The van der Waals surface area contributed by atoms with Crippen molar-refractivity contribution in [1.29, 1.82) is 0 Å². The summed E-state index contributed by atoms with van der Waals surface area (Å²) in [6.45, 7) is 4.61. The molecule has 0 aliphatic carbocycles. The van der Waals surface area contributed by atoms with Crippen molar-refractivity contribution in [3.8, 4) is 28.6 Å². The monoisotopic (exact) mass is 581 g/mol. The third-order valence-electron chi connectivity index (χ3n) is 7.42. The van der Waals surface area contributed by atoms with Crippen molar-refractivity contribution in [2.24, 2.45) is 0 Å². The molecule has 4 aromatic carbocycles. The van der Waals surface area contributed by atoms with Crippen molar-refractivity contribution in [3.63, 3.8) is 0 Å². The van der Waals surface area contributed by atoms with Gasteiger partial charge in [0.05, 0.1) is 42.6 Å². The molecule has 5 aromatic rings. The van der Waals surface area contributed by atoms with E-state index in [1.54, 1.807) is 12.1 Å². The minimum atomic E-state index is -0.638. The number of amides is 1. The number of fused-ring (bicyclic) bond motifs is 1. The minimum Gasteiger partial charge on any atom is -0.493 e. The van der Waals surface area contributed by atoms with E-state index in [9.17, 15) is 4.79 Å². The second-order valence-electron chi connectivity index (χ2n) is 10.8. The van der Waals surface area contributed by atoms with E-state index >= 15 is 4.39 Å². The zero-order valence-electron chi connectivity index (χ0n) is 24.2. The lowest BCUT2D eigenvalue weighted by atomic mass is 9.98. The highest BCUT2D eigenvalue weighted by Crippen LogP contribution is 2.47. The van der Waals surface area contributed by atoms with E-state index in [0.29, 0.717) is 36.0 Å². The molecule has 1 aliphatic rings. The van der Waals surface area contributed by atoms with Gasteiger partial charge < -0.3 is 28.8 Å². The molecular formula is C34H32FN3O5. The molecule has 1 N–H and O–H groups in total. The molecule has 0 saturated carbocycles. The summed E-state index contributed by atoms with van der Waals surface area (Å²) < 4.78 is 42.6. The maximum absolute atomic E-state index is 16.9. The average molecular weight is 582 g/mol. The second kappa shape index (κ2) is 11.8. The Morgan fingerprint density at radius 2 is 1.58 bits per heavy atom. The predicted molar refractivity (Wildman–Crippen MR) is 162 cm³/mol. The molecular weight excluding hydrogens is 549 g/mol. The molecule has 9 heteroatoms. The number of nitrogens with one attached hydrogen (secondary N) is 1. The Balaban J connectivity index is 1.53. The van der Waals surface area contributed by atoms with Crippen LogP contribution >= 0.6 is 0 Å². The van der Waals surface area contributed by atoms with Gasteiger partial charge in [-0.1, -0.05) is 66.7 Å². The second-order valence-corrected chi connectivity index (χ2v) is 10.8. The molecule has 220 valence electrons. The normalized spacial score (nSPS) is 13.8. The maximum atomic E-state index is 16.9. The van der Waals surface area contributed by atoms with Crippen LogP contribution in [-0.2, 0) is 28.3 Å². The fraction of sp³-hybridized carbons (Fsp3) is 0.235. The van der Waals surface area contributed by atoms with Gasteiger partial charge in [0.1, 0.15) is 24.6 Å². The molecule has 1 saturated heterocycles. The summed E-state index contributed by atoms with van der Waals surface area (Å²) in [6, 6.07) is 26.2. The molecule has 6 rings (SSSR count). The Morgan fingerprint density at radius 1 is 0.953 bits per heavy atom. The molecule has 43 heavy (non-hydrogen) atoms. The van der Waals surface area contributed by atoms with E-state index in [1.165, 1.54) is 14.0 Å². The summed E-state index contributed by atoms with van der Waals surface area (Å²) >= 11 is 0. The van der Waals surface area contributed by atoms with Crippen molar-refractivity contribution in [2.45, 2.75) is 32.6 Å². The van der Waals surface area contributed by atoms with Crippen LogP contribution in [0.15, 0.2) is 84.9 Å². The average Bonchev–Trinajstić information content (AvgIpc) is 3.40. The molecule has 0 unspecified atom stereocenters. The quantitative estimate of drug-likeness (QED) is 0.197. The van der Waals surface area contributed by atoms with Crippen LogP contribution in [-0.4, -0.2) is 35.8 Å². The van der Waals surface area contributed by atoms with Crippen LogP contribution in [0.5, 0.6) is 17.2 Å². The summed E-state index contributed by atoms with van der Waals surface area (Å²) in [5.74, 6) is -0.139. The van der Waals surface area contributed by atoms with E-state index in [4.69, 9.17) is 23.9 Å². The summed E-state index contributed by atoms with van der Waals surface area (Å²) in [4.78, 5) is 16.9. The predicted octanol–water partition coefficient (Wildman–Crippen LogP) is 6.71. The van der Waals surface area contributed by atoms with E-state index in [-0.39, 0.29) is 36.2 Å². The van der Waals surface area contributed by atoms with Crippen LogP contribution in [0.4, 0.5) is 10.1 Å². The standard InChI is InChI=1S/C34H32FN3O5/c1-22(39)36-26-15-10-16-27-30(26)37-33(38(27)34(2)20-41-21-34)25-17-28(40-3)31(42-18-23-11-6-4-7-12-23)32(29(25)35)43-19-24-13-8-5-9-14-24/h4-17H,18-21H2,1-3H3,(H,36,39). The van der Waals surface area contributed by atoms with Gasteiger partial charge in [0, 0.05) is 6.92 Å². The Hall–Kier alpha value is -4.89. The molecule has 0 spiro atoms. The van der Waals surface area contributed by atoms with Crippen molar-refractivity contribution in [1.82, 2.24) is 9.55 Å². The van der Waals surface area contributed by atoms with Gasteiger partial charge in [0.15, 0.2) is 11.6 Å². The Morgan fingerprint density at radius 3 is 2.14 bits per heavy atom. The molecule has 0 atom stereocenters. The number of carbonyl (C=O) groups is 1. The largest absolute Gasteiger partial charge is 0.493 e. The number of imidazole rings is 1. The van der Waals surface area contributed by atoms with Crippen LogP contribution in [0, 0.1) is 5.82 Å². The lowest BCUT2D eigenvalue weighted by Crippen LogP contribution is -2.49. The van der Waals surface area contributed by atoms with Crippen molar-refractivity contribution in [3.05, 3.63) is 102 Å². The molecule has 1 fully saturated rings.